The summed E-state index contributed by atoms with van der Waals surface area (Å²) in [7, 11) is 0. The molecule has 2 aromatic rings. The van der Waals surface area contributed by atoms with Crippen molar-refractivity contribution in [3.8, 4) is 11.5 Å². The SMILES string of the molecule is CCC1(CC)CN(c2ncccc2COc2cccc(O)c2C=O)C1. The molecule has 1 aromatic heterocycles. The van der Waals surface area contributed by atoms with Gasteiger partial charge in [-0.2, -0.15) is 0 Å². The second-order valence-corrected chi connectivity index (χ2v) is 6.64. The van der Waals surface area contributed by atoms with Crippen LogP contribution in [0.15, 0.2) is 36.5 Å². The number of carbonyl (C=O) groups is 1. The fourth-order valence-corrected chi connectivity index (χ4v) is 3.37. The van der Waals surface area contributed by atoms with E-state index in [0.717, 1.165) is 24.5 Å². The minimum atomic E-state index is -0.0719. The number of hydrogen-bond donors (Lipinski definition) is 1. The van der Waals surface area contributed by atoms with E-state index in [9.17, 15) is 9.90 Å². The number of anilines is 1. The van der Waals surface area contributed by atoms with E-state index >= 15 is 0 Å². The highest BCUT2D eigenvalue weighted by Gasteiger charge is 2.41. The molecular weight excluding hydrogens is 316 g/mol. The van der Waals surface area contributed by atoms with Gasteiger partial charge in [0.2, 0.25) is 0 Å². The average Bonchev–Trinajstić information content (AvgIpc) is 2.61. The predicted octanol–water partition coefficient (Wildman–Crippen LogP) is 3.81. The van der Waals surface area contributed by atoms with Crippen molar-refractivity contribution in [2.75, 3.05) is 18.0 Å². The normalized spacial score (nSPS) is 15.5. The molecule has 1 fully saturated rings. The van der Waals surface area contributed by atoms with Gasteiger partial charge in [-0.1, -0.05) is 26.0 Å². The highest BCUT2D eigenvalue weighted by Crippen LogP contribution is 2.40. The summed E-state index contributed by atoms with van der Waals surface area (Å²) in [6.07, 6.45) is 4.75. The third kappa shape index (κ3) is 3.31. The number of hydrogen-bond acceptors (Lipinski definition) is 5. The highest BCUT2D eigenvalue weighted by atomic mass is 16.5. The van der Waals surface area contributed by atoms with Crippen molar-refractivity contribution in [1.82, 2.24) is 4.98 Å². The Morgan fingerprint density at radius 1 is 1.24 bits per heavy atom. The Labute approximate surface area is 148 Å². The van der Waals surface area contributed by atoms with Gasteiger partial charge in [-0.15, -0.1) is 0 Å². The van der Waals surface area contributed by atoms with Crippen molar-refractivity contribution in [2.45, 2.75) is 33.3 Å². The van der Waals surface area contributed by atoms with Crippen LogP contribution in [0.1, 0.15) is 42.6 Å². The lowest BCUT2D eigenvalue weighted by Crippen LogP contribution is -2.56. The third-order valence-corrected chi connectivity index (χ3v) is 5.26. The molecule has 25 heavy (non-hydrogen) atoms. The molecule has 1 aliphatic heterocycles. The summed E-state index contributed by atoms with van der Waals surface area (Å²) in [5, 5.41) is 9.76. The standard InChI is InChI=1S/C20H24N2O3/c1-3-20(4-2)13-22(14-20)19-15(7-6-10-21-19)12-25-18-9-5-8-17(24)16(18)11-23/h5-11,24H,3-4,12-14H2,1-2H3. The number of benzene rings is 1. The van der Waals surface area contributed by atoms with Crippen LogP contribution < -0.4 is 9.64 Å². The Morgan fingerprint density at radius 2 is 2.00 bits per heavy atom. The van der Waals surface area contributed by atoms with Gasteiger partial charge in [0.05, 0.1) is 5.56 Å². The van der Waals surface area contributed by atoms with Crippen molar-refractivity contribution in [3.05, 3.63) is 47.7 Å². The highest BCUT2D eigenvalue weighted by molar-refractivity contribution is 5.83. The first-order chi connectivity index (χ1) is 12.1. The summed E-state index contributed by atoms with van der Waals surface area (Å²) < 4.78 is 5.80. The molecule has 2 heterocycles. The summed E-state index contributed by atoms with van der Waals surface area (Å²) in [6, 6.07) is 8.69. The molecule has 0 unspecified atom stereocenters. The lowest BCUT2D eigenvalue weighted by Gasteiger charge is -2.50. The minimum absolute atomic E-state index is 0.0719. The van der Waals surface area contributed by atoms with Crippen molar-refractivity contribution >= 4 is 12.1 Å². The first kappa shape index (κ1) is 17.3. The minimum Gasteiger partial charge on any atom is -0.507 e. The number of carbonyl (C=O) groups excluding carboxylic acids is 1. The molecule has 0 aliphatic carbocycles. The van der Waals surface area contributed by atoms with Crippen LogP contribution in [-0.4, -0.2) is 29.5 Å². The second kappa shape index (κ2) is 7.13. The van der Waals surface area contributed by atoms with Crippen molar-refractivity contribution in [3.63, 3.8) is 0 Å². The van der Waals surface area contributed by atoms with Crippen molar-refractivity contribution in [2.24, 2.45) is 5.41 Å². The molecule has 0 atom stereocenters. The number of aromatic nitrogens is 1. The van der Waals surface area contributed by atoms with E-state index in [4.69, 9.17) is 4.74 Å². The molecule has 3 rings (SSSR count). The molecule has 5 heteroatoms. The van der Waals surface area contributed by atoms with Crippen LogP contribution >= 0.6 is 0 Å². The largest absolute Gasteiger partial charge is 0.507 e. The molecule has 0 radical (unpaired) electrons. The van der Waals surface area contributed by atoms with E-state index in [2.05, 4.69) is 23.7 Å². The summed E-state index contributed by atoms with van der Waals surface area (Å²) in [6.45, 7) is 6.80. The molecule has 1 aromatic carbocycles. The summed E-state index contributed by atoms with van der Waals surface area (Å²) in [5.74, 6) is 1.25. The molecule has 132 valence electrons. The van der Waals surface area contributed by atoms with E-state index in [1.54, 1.807) is 18.3 Å². The Morgan fingerprint density at radius 3 is 2.68 bits per heavy atom. The number of aldehydes is 1. The zero-order valence-electron chi connectivity index (χ0n) is 14.7. The summed E-state index contributed by atoms with van der Waals surface area (Å²) in [4.78, 5) is 18.0. The first-order valence-electron chi connectivity index (χ1n) is 8.71. The van der Waals surface area contributed by atoms with Gasteiger partial charge >= 0.3 is 0 Å². The monoisotopic (exact) mass is 340 g/mol. The number of pyridine rings is 1. The van der Waals surface area contributed by atoms with Gasteiger partial charge < -0.3 is 14.7 Å². The number of phenolic OH excluding ortho intramolecular Hbond substituents is 1. The third-order valence-electron chi connectivity index (χ3n) is 5.26. The predicted molar refractivity (Wildman–Crippen MR) is 97.3 cm³/mol. The molecule has 1 saturated heterocycles. The average molecular weight is 340 g/mol. The molecule has 5 nitrogen and oxygen atoms in total. The molecular formula is C20H24N2O3. The van der Waals surface area contributed by atoms with Crippen LogP contribution in [-0.2, 0) is 6.61 Å². The van der Waals surface area contributed by atoms with Gasteiger partial charge in [-0.25, -0.2) is 4.98 Å². The first-order valence-corrected chi connectivity index (χ1v) is 8.71. The maximum absolute atomic E-state index is 11.2. The van der Waals surface area contributed by atoms with Gasteiger partial charge in [-0.3, -0.25) is 4.79 Å². The summed E-state index contributed by atoms with van der Waals surface area (Å²) >= 11 is 0. The Bertz CT molecular complexity index is 748. The van der Waals surface area contributed by atoms with Crippen LogP contribution in [0, 0.1) is 5.41 Å². The lowest BCUT2D eigenvalue weighted by atomic mass is 9.75. The van der Waals surface area contributed by atoms with E-state index in [0.29, 0.717) is 24.1 Å². The van der Waals surface area contributed by atoms with Crippen LogP contribution in [0.5, 0.6) is 11.5 Å². The van der Waals surface area contributed by atoms with Crippen LogP contribution in [0.25, 0.3) is 0 Å². The van der Waals surface area contributed by atoms with E-state index < -0.39 is 0 Å². The van der Waals surface area contributed by atoms with Gasteiger partial charge in [0.25, 0.3) is 0 Å². The molecule has 1 aliphatic rings. The van der Waals surface area contributed by atoms with Crippen LogP contribution in [0.4, 0.5) is 5.82 Å². The quantitative estimate of drug-likeness (QED) is 0.777. The fourth-order valence-electron chi connectivity index (χ4n) is 3.37. The van der Waals surface area contributed by atoms with Crippen molar-refractivity contribution < 1.29 is 14.6 Å². The van der Waals surface area contributed by atoms with E-state index in [1.165, 1.54) is 18.9 Å². The van der Waals surface area contributed by atoms with E-state index in [1.807, 2.05) is 12.1 Å². The van der Waals surface area contributed by atoms with Crippen molar-refractivity contribution in [1.29, 1.82) is 0 Å². The fraction of sp³-hybridized carbons (Fsp3) is 0.400. The van der Waals surface area contributed by atoms with E-state index in [-0.39, 0.29) is 11.3 Å². The molecule has 0 amide bonds. The zero-order chi connectivity index (χ0) is 17.9. The number of ether oxygens (including phenoxy) is 1. The maximum atomic E-state index is 11.2. The second-order valence-electron chi connectivity index (χ2n) is 6.64. The zero-order valence-corrected chi connectivity index (χ0v) is 14.7. The number of nitrogens with zero attached hydrogens (tertiary/aromatic N) is 2. The molecule has 0 saturated carbocycles. The van der Waals surface area contributed by atoms with Gasteiger partial charge in [-0.05, 0) is 31.0 Å². The summed E-state index contributed by atoms with van der Waals surface area (Å²) in [5.41, 5.74) is 1.54. The lowest BCUT2D eigenvalue weighted by molar-refractivity contribution is 0.111. The molecule has 1 N–H and O–H groups in total. The smallest absolute Gasteiger partial charge is 0.157 e. The number of rotatable bonds is 7. The Kier molecular flexibility index (Phi) is 4.93. The maximum Gasteiger partial charge on any atom is 0.157 e. The van der Waals surface area contributed by atoms with Crippen LogP contribution in [0.3, 0.4) is 0 Å². The van der Waals surface area contributed by atoms with Gasteiger partial charge in [0.15, 0.2) is 6.29 Å². The topological polar surface area (TPSA) is 62.7 Å². The van der Waals surface area contributed by atoms with Gasteiger partial charge in [0, 0.05) is 30.3 Å². The molecule has 0 spiro atoms. The van der Waals surface area contributed by atoms with Gasteiger partial charge in [0.1, 0.15) is 23.9 Å². The number of phenols is 1. The molecule has 0 bridgehead atoms. The number of aromatic hydroxyl groups is 1. The van der Waals surface area contributed by atoms with Crippen LogP contribution in [0.2, 0.25) is 0 Å². The Hall–Kier alpha value is -2.56. The Balaban J connectivity index is 1.75.